The summed E-state index contributed by atoms with van der Waals surface area (Å²) < 4.78 is 2.51. The van der Waals surface area contributed by atoms with Crippen LogP contribution in [-0.2, 0) is 25.9 Å². The Morgan fingerprint density at radius 2 is 1.91 bits per heavy atom. The first-order chi connectivity index (χ1) is 11.2. The van der Waals surface area contributed by atoms with Crippen LogP contribution in [0.1, 0.15) is 16.8 Å². The van der Waals surface area contributed by atoms with E-state index in [9.17, 15) is 0 Å². The second-order valence-electron chi connectivity index (χ2n) is 6.46. The summed E-state index contributed by atoms with van der Waals surface area (Å²) in [5, 5.41) is 2.15. The molecule has 0 N–H and O–H groups in total. The number of likely N-dealkylation sites (N-methyl/N-ethyl adjacent to an activating group) is 1. The molecule has 118 valence electrons. The number of fused-ring (bicyclic) bond motifs is 3. The number of hydrogen-bond donors (Lipinski definition) is 0. The minimum atomic E-state index is 0.828. The van der Waals surface area contributed by atoms with E-state index in [4.69, 9.17) is 11.6 Å². The second-order valence-corrected chi connectivity index (χ2v) is 6.90. The Morgan fingerprint density at radius 1 is 1.09 bits per heavy atom. The molecule has 0 saturated carbocycles. The smallest absolute Gasteiger partial charge is 0.0487 e. The third-order valence-corrected chi connectivity index (χ3v) is 5.11. The summed E-state index contributed by atoms with van der Waals surface area (Å²) in [7, 11) is 2.20. The molecule has 4 rings (SSSR count). The number of halogens is 1. The van der Waals surface area contributed by atoms with Crippen LogP contribution >= 0.6 is 11.6 Å². The topological polar surface area (TPSA) is 8.17 Å². The van der Waals surface area contributed by atoms with Gasteiger partial charge in [0, 0.05) is 47.7 Å². The molecule has 0 bridgehead atoms. The average Bonchev–Trinajstić information content (AvgIpc) is 2.86. The molecule has 1 aromatic heterocycles. The van der Waals surface area contributed by atoms with Crippen molar-refractivity contribution in [2.45, 2.75) is 25.9 Å². The summed E-state index contributed by atoms with van der Waals surface area (Å²) in [5.74, 6) is 0. The zero-order valence-corrected chi connectivity index (χ0v) is 14.2. The zero-order valence-electron chi connectivity index (χ0n) is 13.4. The Kier molecular flexibility index (Phi) is 3.88. The summed E-state index contributed by atoms with van der Waals surface area (Å²) in [6.45, 7) is 3.17. The highest BCUT2D eigenvalue weighted by atomic mass is 35.5. The molecule has 0 spiro atoms. The van der Waals surface area contributed by atoms with E-state index in [1.807, 2.05) is 6.07 Å². The van der Waals surface area contributed by atoms with Crippen molar-refractivity contribution in [3.63, 3.8) is 0 Å². The maximum Gasteiger partial charge on any atom is 0.0487 e. The molecule has 3 heteroatoms. The number of benzene rings is 2. The maximum absolute atomic E-state index is 6.26. The summed E-state index contributed by atoms with van der Waals surface area (Å²) >= 11 is 6.26. The van der Waals surface area contributed by atoms with Crippen molar-refractivity contribution in [2.24, 2.45) is 0 Å². The molecule has 0 fully saturated rings. The van der Waals surface area contributed by atoms with Gasteiger partial charge < -0.3 is 9.47 Å². The lowest BCUT2D eigenvalue weighted by molar-refractivity contribution is 0.309. The lowest BCUT2D eigenvalue weighted by atomic mass is 10.1. The summed E-state index contributed by atoms with van der Waals surface area (Å²) in [6, 6.07) is 17.1. The number of aromatic nitrogens is 1. The molecule has 1 aliphatic heterocycles. The Balaban J connectivity index is 1.76. The number of nitrogens with zero attached hydrogens (tertiary/aromatic N) is 2. The van der Waals surface area contributed by atoms with Gasteiger partial charge >= 0.3 is 0 Å². The van der Waals surface area contributed by atoms with Gasteiger partial charge in [0.25, 0.3) is 0 Å². The monoisotopic (exact) mass is 324 g/mol. The van der Waals surface area contributed by atoms with Crippen LogP contribution in [0.5, 0.6) is 0 Å². The summed E-state index contributed by atoms with van der Waals surface area (Å²) in [5.41, 5.74) is 5.68. The predicted octanol–water partition coefficient (Wildman–Crippen LogP) is 4.53. The lowest BCUT2D eigenvalue weighted by Crippen LogP contribution is -2.27. The first-order valence-corrected chi connectivity index (χ1v) is 8.62. The van der Waals surface area contributed by atoms with Crippen molar-refractivity contribution in [1.82, 2.24) is 9.47 Å². The van der Waals surface area contributed by atoms with E-state index < -0.39 is 0 Å². The van der Waals surface area contributed by atoms with Gasteiger partial charge in [-0.3, -0.25) is 0 Å². The van der Waals surface area contributed by atoms with Crippen molar-refractivity contribution in [3.05, 3.63) is 70.4 Å². The van der Waals surface area contributed by atoms with E-state index in [0.29, 0.717) is 0 Å². The fourth-order valence-electron chi connectivity index (χ4n) is 3.70. The van der Waals surface area contributed by atoms with E-state index in [1.54, 1.807) is 0 Å². The van der Waals surface area contributed by atoms with Gasteiger partial charge in [0.2, 0.25) is 0 Å². The van der Waals surface area contributed by atoms with E-state index in [0.717, 1.165) is 37.5 Å². The highest BCUT2D eigenvalue weighted by Gasteiger charge is 2.22. The Bertz CT molecular complexity index is 836. The van der Waals surface area contributed by atoms with E-state index >= 15 is 0 Å². The number of aryl methyl sites for hydroxylation is 2. The van der Waals surface area contributed by atoms with Crippen LogP contribution in [0.2, 0.25) is 5.02 Å². The molecule has 0 aliphatic carbocycles. The molecule has 0 atom stereocenters. The first kappa shape index (κ1) is 14.8. The van der Waals surface area contributed by atoms with Gasteiger partial charge in [-0.1, -0.05) is 41.9 Å². The van der Waals surface area contributed by atoms with Crippen LogP contribution in [-0.4, -0.2) is 23.1 Å². The molecule has 2 heterocycles. The van der Waals surface area contributed by atoms with Gasteiger partial charge in [-0.25, -0.2) is 0 Å². The number of hydrogen-bond acceptors (Lipinski definition) is 1. The van der Waals surface area contributed by atoms with Crippen molar-refractivity contribution in [1.29, 1.82) is 0 Å². The first-order valence-electron chi connectivity index (χ1n) is 8.24. The highest BCUT2D eigenvalue weighted by molar-refractivity contribution is 6.31. The molecule has 2 nitrogen and oxygen atoms in total. The van der Waals surface area contributed by atoms with Gasteiger partial charge in [0.1, 0.15) is 0 Å². The van der Waals surface area contributed by atoms with Crippen LogP contribution in [0.4, 0.5) is 0 Å². The zero-order chi connectivity index (χ0) is 15.8. The van der Waals surface area contributed by atoms with Crippen LogP contribution in [0, 0.1) is 0 Å². The Hall–Kier alpha value is -1.77. The highest BCUT2D eigenvalue weighted by Crippen LogP contribution is 2.32. The molecule has 1 aliphatic rings. The largest absolute Gasteiger partial charge is 0.344 e. The van der Waals surface area contributed by atoms with Crippen LogP contribution in [0.15, 0.2) is 48.5 Å². The molecule has 23 heavy (non-hydrogen) atoms. The summed E-state index contributed by atoms with van der Waals surface area (Å²) in [4.78, 5) is 2.39. The fourth-order valence-corrected chi connectivity index (χ4v) is 3.87. The molecule has 2 aromatic carbocycles. The van der Waals surface area contributed by atoms with Gasteiger partial charge in [-0.05, 0) is 42.8 Å². The molecular weight excluding hydrogens is 304 g/mol. The van der Waals surface area contributed by atoms with Crippen molar-refractivity contribution in [2.75, 3.05) is 13.6 Å². The van der Waals surface area contributed by atoms with Crippen LogP contribution < -0.4 is 0 Å². The lowest BCUT2D eigenvalue weighted by Gasteiger charge is -2.24. The fraction of sp³-hybridized carbons (Fsp3) is 0.300. The summed E-state index contributed by atoms with van der Waals surface area (Å²) in [6.07, 6.45) is 2.18. The van der Waals surface area contributed by atoms with Crippen LogP contribution in [0.3, 0.4) is 0 Å². The molecule has 0 amide bonds. The Labute approximate surface area is 142 Å². The van der Waals surface area contributed by atoms with Gasteiger partial charge in [0.15, 0.2) is 0 Å². The van der Waals surface area contributed by atoms with Gasteiger partial charge in [-0.15, -0.1) is 0 Å². The normalized spacial score (nSPS) is 15.0. The third-order valence-electron chi connectivity index (χ3n) is 4.87. The third kappa shape index (κ3) is 2.77. The molecule has 0 unspecified atom stereocenters. The quantitative estimate of drug-likeness (QED) is 0.687. The standard InChI is InChI=1S/C20H21ClN2/c1-22-11-10-20-18(14-22)17-13-16(21)7-8-19(17)23(20)12-9-15-5-3-2-4-6-15/h2-8,13H,9-12,14H2,1H3. The minimum Gasteiger partial charge on any atom is -0.344 e. The molecular formula is C20H21ClN2. The van der Waals surface area contributed by atoms with Crippen molar-refractivity contribution < 1.29 is 0 Å². The predicted molar refractivity (Wildman–Crippen MR) is 97.1 cm³/mol. The van der Waals surface area contributed by atoms with E-state index in [-0.39, 0.29) is 0 Å². The van der Waals surface area contributed by atoms with Gasteiger partial charge in [0.05, 0.1) is 0 Å². The average molecular weight is 325 g/mol. The maximum atomic E-state index is 6.26. The van der Waals surface area contributed by atoms with Gasteiger partial charge in [-0.2, -0.15) is 0 Å². The van der Waals surface area contributed by atoms with E-state index in [2.05, 4.69) is 59.0 Å². The minimum absolute atomic E-state index is 0.828. The molecule has 0 saturated heterocycles. The van der Waals surface area contributed by atoms with Crippen molar-refractivity contribution >= 4 is 22.5 Å². The van der Waals surface area contributed by atoms with E-state index in [1.165, 1.54) is 27.7 Å². The van der Waals surface area contributed by atoms with Crippen LogP contribution in [0.25, 0.3) is 10.9 Å². The van der Waals surface area contributed by atoms with Crippen molar-refractivity contribution in [3.8, 4) is 0 Å². The second kappa shape index (κ2) is 6.03. The Morgan fingerprint density at radius 3 is 2.74 bits per heavy atom. The molecule has 3 aromatic rings. The molecule has 0 radical (unpaired) electrons. The number of rotatable bonds is 3. The SMILES string of the molecule is CN1CCc2c(c3cc(Cl)ccc3n2CCc2ccccc2)C1.